The highest BCUT2D eigenvalue weighted by atomic mass is 32.2. The predicted octanol–water partition coefficient (Wildman–Crippen LogP) is 0.378. The van der Waals surface area contributed by atoms with Crippen LogP contribution >= 0.6 is 0 Å². The Morgan fingerprint density at radius 3 is 2.47 bits per heavy atom. The minimum absolute atomic E-state index is 0.180. The van der Waals surface area contributed by atoms with Gasteiger partial charge in [0.15, 0.2) is 0 Å². The number of nitrogens with zero attached hydrogens (tertiary/aromatic N) is 1. The second-order valence-electron chi connectivity index (χ2n) is 3.74. The molecular formula is C11H15N3O2S. The highest BCUT2D eigenvalue weighted by Gasteiger charge is 2.16. The Bertz CT molecular complexity index is 503. The smallest absolute Gasteiger partial charge is 0.240 e. The fraction of sp³-hybridized carbons (Fsp3) is 0.364. The summed E-state index contributed by atoms with van der Waals surface area (Å²) < 4.78 is 26.1. The minimum atomic E-state index is -3.52. The van der Waals surface area contributed by atoms with Crippen LogP contribution in [0.25, 0.3) is 0 Å². The van der Waals surface area contributed by atoms with Crippen LogP contribution in [0.2, 0.25) is 0 Å². The molecule has 0 aromatic heterocycles. The molecule has 0 unspecified atom stereocenters. The van der Waals surface area contributed by atoms with Gasteiger partial charge in [-0.05, 0) is 24.6 Å². The Labute approximate surface area is 101 Å². The fourth-order valence-electron chi connectivity index (χ4n) is 1.26. The van der Waals surface area contributed by atoms with E-state index in [1.807, 2.05) is 6.07 Å². The van der Waals surface area contributed by atoms with E-state index >= 15 is 0 Å². The molecule has 3 N–H and O–H groups in total. The van der Waals surface area contributed by atoms with Crippen molar-refractivity contribution < 1.29 is 8.42 Å². The van der Waals surface area contributed by atoms with Gasteiger partial charge in [-0.15, -0.1) is 0 Å². The van der Waals surface area contributed by atoms with Gasteiger partial charge in [0.25, 0.3) is 0 Å². The Balaban J connectivity index is 2.89. The first-order valence-electron chi connectivity index (χ1n) is 5.18. The van der Waals surface area contributed by atoms with Gasteiger partial charge in [0.2, 0.25) is 10.0 Å². The van der Waals surface area contributed by atoms with Gasteiger partial charge in [0, 0.05) is 12.6 Å². The molecule has 0 fully saturated rings. The number of rotatable bonds is 5. The van der Waals surface area contributed by atoms with Crippen LogP contribution in [0.4, 0.5) is 0 Å². The maximum absolute atomic E-state index is 11.8. The van der Waals surface area contributed by atoms with E-state index in [1.54, 1.807) is 19.1 Å². The average Bonchev–Trinajstić information content (AvgIpc) is 2.29. The first kappa shape index (κ1) is 13.6. The SMILES string of the molecule is C[C@H](CN)NS(=O)(=O)c1ccc(CC#N)cc1. The second kappa shape index (κ2) is 5.77. The topological polar surface area (TPSA) is 96.0 Å². The molecule has 0 saturated carbocycles. The van der Waals surface area contributed by atoms with Crippen molar-refractivity contribution in [2.75, 3.05) is 6.54 Å². The normalized spacial score (nSPS) is 13.0. The lowest BCUT2D eigenvalue weighted by atomic mass is 10.2. The Kier molecular flexibility index (Phi) is 4.63. The molecule has 1 atom stereocenters. The molecule has 1 aromatic rings. The van der Waals surface area contributed by atoms with Crippen molar-refractivity contribution in [1.82, 2.24) is 4.72 Å². The number of hydrogen-bond donors (Lipinski definition) is 2. The summed E-state index contributed by atoms with van der Waals surface area (Å²) >= 11 is 0. The van der Waals surface area contributed by atoms with Crippen LogP contribution < -0.4 is 10.5 Å². The zero-order valence-electron chi connectivity index (χ0n) is 9.55. The molecule has 1 rings (SSSR count). The molecule has 6 heteroatoms. The summed E-state index contributed by atoms with van der Waals surface area (Å²) in [4.78, 5) is 0.180. The van der Waals surface area contributed by atoms with E-state index in [2.05, 4.69) is 4.72 Å². The van der Waals surface area contributed by atoms with Crippen LogP contribution in [0, 0.1) is 11.3 Å². The quantitative estimate of drug-likeness (QED) is 0.792. The number of nitrogens with two attached hydrogens (primary N) is 1. The predicted molar refractivity (Wildman–Crippen MR) is 64.6 cm³/mol. The van der Waals surface area contributed by atoms with Crippen molar-refractivity contribution in [2.45, 2.75) is 24.3 Å². The zero-order chi connectivity index (χ0) is 12.9. The lowest BCUT2D eigenvalue weighted by molar-refractivity contribution is 0.562. The number of nitrogens with one attached hydrogen (secondary N) is 1. The van der Waals surface area contributed by atoms with E-state index in [9.17, 15) is 8.42 Å². The fourth-order valence-corrected chi connectivity index (χ4v) is 2.52. The van der Waals surface area contributed by atoms with Crippen molar-refractivity contribution >= 4 is 10.0 Å². The second-order valence-corrected chi connectivity index (χ2v) is 5.45. The third-order valence-electron chi connectivity index (χ3n) is 2.23. The number of nitriles is 1. The third kappa shape index (κ3) is 3.82. The minimum Gasteiger partial charge on any atom is -0.329 e. The van der Waals surface area contributed by atoms with Crippen molar-refractivity contribution in [3.8, 4) is 6.07 Å². The van der Waals surface area contributed by atoms with Crippen LogP contribution in [0.3, 0.4) is 0 Å². The zero-order valence-corrected chi connectivity index (χ0v) is 10.4. The summed E-state index contributed by atoms with van der Waals surface area (Å²) in [5.74, 6) is 0. The highest BCUT2D eigenvalue weighted by Crippen LogP contribution is 2.11. The lowest BCUT2D eigenvalue weighted by Crippen LogP contribution is -2.37. The summed E-state index contributed by atoms with van der Waals surface area (Å²) in [6.07, 6.45) is 0.271. The Morgan fingerprint density at radius 2 is 2.00 bits per heavy atom. The van der Waals surface area contributed by atoms with E-state index in [4.69, 9.17) is 11.0 Å². The van der Waals surface area contributed by atoms with Crippen LogP contribution in [0.5, 0.6) is 0 Å². The van der Waals surface area contributed by atoms with Crippen LogP contribution in [-0.4, -0.2) is 21.0 Å². The van der Waals surface area contributed by atoms with Crippen LogP contribution in [0.15, 0.2) is 29.2 Å². The molecule has 0 aliphatic heterocycles. The summed E-state index contributed by atoms with van der Waals surface area (Å²) in [5.41, 5.74) is 6.15. The molecule has 0 radical (unpaired) electrons. The van der Waals surface area contributed by atoms with Crippen LogP contribution in [0.1, 0.15) is 12.5 Å². The third-order valence-corrected chi connectivity index (χ3v) is 3.83. The molecule has 92 valence electrons. The molecule has 0 heterocycles. The van der Waals surface area contributed by atoms with E-state index in [-0.39, 0.29) is 23.9 Å². The van der Waals surface area contributed by atoms with Gasteiger partial charge >= 0.3 is 0 Å². The van der Waals surface area contributed by atoms with E-state index in [0.29, 0.717) is 0 Å². The lowest BCUT2D eigenvalue weighted by Gasteiger charge is -2.12. The van der Waals surface area contributed by atoms with E-state index in [0.717, 1.165) is 5.56 Å². The first-order valence-corrected chi connectivity index (χ1v) is 6.66. The maximum Gasteiger partial charge on any atom is 0.240 e. The van der Waals surface area contributed by atoms with E-state index < -0.39 is 10.0 Å². The highest BCUT2D eigenvalue weighted by molar-refractivity contribution is 7.89. The molecule has 0 saturated heterocycles. The molecule has 0 aliphatic carbocycles. The van der Waals surface area contributed by atoms with Gasteiger partial charge in [0.05, 0.1) is 17.4 Å². The Hall–Kier alpha value is -1.42. The summed E-state index contributed by atoms with van der Waals surface area (Å²) in [6.45, 7) is 1.94. The maximum atomic E-state index is 11.8. The van der Waals surface area contributed by atoms with Gasteiger partial charge in [0.1, 0.15) is 0 Å². The van der Waals surface area contributed by atoms with Gasteiger partial charge in [-0.1, -0.05) is 12.1 Å². The summed E-state index contributed by atoms with van der Waals surface area (Å²) in [5, 5.41) is 8.51. The van der Waals surface area contributed by atoms with Crippen molar-refractivity contribution in [2.24, 2.45) is 5.73 Å². The molecule has 0 aliphatic rings. The first-order chi connectivity index (χ1) is 7.99. The van der Waals surface area contributed by atoms with Gasteiger partial charge in [-0.3, -0.25) is 0 Å². The number of benzene rings is 1. The van der Waals surface area contributed by atoms with E-state index in [1.165, 1.54) is 12.1 Å². The van der Waals surface area contributed by atoms with Crippen molar-refractivity contribution in [3.05, 3.63) is 29.8 Å². The summed E-state index contributed by atoms with van der Waals surface area (Å²) in [6, 6.07) is 7.92. The average molecular weight is 253 g/mol. The summed E-state index contributed by atoms with van der Waals surface area (Å²) in [7, 11) is -3.52. The largest absolute Gasteiger partial charge is 0.329 e. The van der Waals surface area contributed by atoms with Gasteiger partial charge in [-0.25, -0.2) is 13.1 Å². The standard InChI is InChI=1S/C11H15N3O2S/c1-9(8-13)14-17(15,16)11-4-2-10(3-5-11)6-7-12/h2-5,9,14H,6,8,13H2,1H3/t9-/m1/s1. The molecule has 0 bridgehead atoms. The van der Waals surface area contributed by atoms with Gasteiger partial charge in [-0.2, -0.15) is 5.26 Å². The Morgan fingerprint density at radius 1 is 1.41 bits per heavy atom. The molecule has 5 nitrogen and oxygen atoms in total. The van der Waals surface area contributed by atoms with Crippen LogP contribution in [-0.2, 0) is 16.4 Å². The number of hydrogen-bond acceptors (Lipinski definition) is 4. The van der Waals surface area contributed by atoms with Crippen molar-refractivity contribution in [1.29, 1.82) is 5.26 Å². The molecule has 1 aromatic carbocycles. The molecule has 0 amide bonds. The molecular weight excluding hydrogens is 238 g/mol. The monoisotopic (exact) mass is 253 g/mol. The number of sulfonamides is 1. The van der Waals surface area contributed by atoms with Crippen molar-refractivity contribution in [3.63, 3.8) is 0 Å². The molecule has 0 spiro atoms. The van der Waals surface area contributed by atoms with Gasteiger partial charge < -0.3 is 5.73 Å². The molecule has 17 heavy (non-hydrogen) atoms.